The van der Waals surface area contributed by atoms with E-state index in [-0.39, 0.29) is 0 Å². The van der Waals surface area contributed by atoms with Crippen molar-refractivity contribution in [3.05, 3.63) is 71.9 Å². The van der Waals surface area contributed by atoms with Gasteiger partial charge in [-0.3, -0.25) is 10.4 Å². The van der Waals surface area contributed by atoms with Gasteiger partial charge in [-0.2, -0.15) is 5.10 Å². The first-order chi connectivity index (χ1) is 12.3. The quantitative estimate of drug-likeness (QED) is 0.434. The number of benzene rings is 2. The molecule has 4 aromatic rings. The first kappa shape index (κ1) is 15.4. The van der Waals surface area contributed by atoms with Crippen LogP contribution in [0, 0.1) is 0 Å². The van der Waals surface area contributed by atoms with Gasteiger partial charge in [0.15, 0.2) is 0 Å². The van der Waals surface area contributed by atoms with E-state index < -0.39 is 0 Å². The molecular formula is C19H15N5S. The van der Waals surface area contributed by atoms with Crippen molar-refractivity contribution >= 4 is 33.2 Å². The van der Waals surface area contributed by atoms with Gasteiger partial charge in [-0.25, -0.2) is 9.97 Å². The molecule has 5 nitrogen and oxygen atoms in total. The predicted molar refractivity (Wildman–Crippen MR) is 103 cm³/mol. The molecule has 2 aromatic carbocycles. The molecule has 6 heteroatoms. The average molecular weight is 345 g/mol. The highest BCUT2D eigenvalue weighted by Gasteiger charge is 2.05. The summed E-state index contributed by atoms with van der Waals surface area (Å²) in [5, 5.41) is 7.15. The maximum atomic E-state index is 4.59. The third kappa shape index (κ3) is 3.39. The minimum atomic E-state index is 0.742. The van der Waals surface area contributed by atoms with Crippen molar-refractivity contribution in [1.29, 1.82) is 0 Å². The Morgan fingerprint density at radius 2 is 1.72 bits per heavy atom. The zero-order valence-electron chi connectivity index (χ0n) is 13.5. The van der Waals surface area contributed by atoms with Crippen LogP contribution in [0.2, 0.25) is 0 Å². The predicted octanol–water partition coefficient (Wildman–Crippen LogP) is 4.59. The van der Waals surface area contributed by atoms with Crippen molar-refractivity contribution in [2.45, 2.75) is 6.92 Å². The molecule has 0 aliphatic carbocycles. The van der Waals surface area contributed by atoms with Crippen molar-refractivity contribution in [1.82, 2.24) is 15.0 Å². The summed E-state index contributed by atoms with van der Waals surface area (Å²) in [5.41, 5.74) is 8.27. The Bertz CT molecular complexity index is 1040. The van der Waals surface area contributed by atoms with Gasteiger partial charge in [-0.1, -0.05) is 42.5 Å². The highest BCUT2D eigenvalue weighted by Crippen LogP contribution is 2.24. The first-order valence-corrected chi connectivity index (χ1v) is 8.71. The van der Waals surface area contributed by atoms with Crippen LogP contribution < -0.4 is 5.43 Å². The molecule has 0 spiro atoms. The third-order valence-corrected chi connectivity index (χ3v) is 4.46. The normalized spacial score (nSPS) is 11.6. The van der Waals surface area contributed by atoms with Crippen molar-refractivity contribution in [3.8, 4) is 11.3 Å². The lowest BCUT2D eigenvalue weighted by Gasteiger charge is -2.02. The molecule has 0 amide bonds. The molecule has 0 saturated carbocycles. The first-order valence-electron chi connectivity index (χ1n) is 7.83. The van der Waals surface area contributed by atoms with Crippen molar-refractivity contribution < 1.29 is 0 Å². The number of nitrogens with one attached hydrogen (secondary N) is 1. The molecule has 2 aromatic heterocycles. The smallest absolute Gasteiger partial charge is 0.203 e. The van der Waals surface area contributed by atoms with E-state index in [0.29, 0.717) is 0 Å². The number of anilines is 1. The summed E-state index contributed by atoms with van der Waals surface area (Å²) >= 11 is 1.52. The van der Waals surface area contributed by atoms with Crippen LogP contribution in [0.4, 0.5) is 5.13 Å². The number of fused-ring (bicyclic) bond motifs is 1. The fourth-order valence-corrected chi connectivity index (χ4v) is 3.05. The van der Waals surface area contributed by atoms with Crippen molar-refractivity contribution in [3.63, 3.8) is 0 Å². The van der Waals surface area contributed by atoms with Crippen LogP contribution in [0.25, 0.3) is 22.3 Å². The van der Waals surface area contributed by atoms with E-state index in [1.54, 1.807) is 6.20 Å². The molecule has 0 bridgehead atoms. The number of hydrogen-bond donors (Lipinski definition) is 1. The van der Waals surface area contributed by atoms with Crippen LogP contribution >= 0.6 is 11.3 Å². The second-order valence-electron chi connectivity index (χ2n) is 5.46. The zero-order valence-corrected chi connectivity index (χ0v) is 14.4. The molecular weight excluding hydrogens is 330 g/mol. The Labute approximate surface area is 149 Å². The topological polar surface area (TPSA) is 63.1 Å². The number of hydrogen-bond acceptors (Lipinski definition) is 6. The lowest BCUT2D eigenvalue weighted by Crippen LogP contribution is -2.03. The van der Waals surface area contributed by atoms with Crippen LogP contribution in [0.15, 0.2) is 71.3 Å². The Hall–Kier alpha value is -3.12. The highest BCUT2D eigenvalue weighted by molar-refractivity contribution is 7.14. The van der Waals surface area contributed by atoms with Crippen molar-refractivity contribution in [2.75, 3.05) is 5.43 Å². The van der Waals surface area contributed by atoms with Gasteiger partial charge in [0.25, 0.3) is 0 Å². The van der Waals surface area contributed by atoms with Crippen LogP contribution in [0.5, 0.6) is 0 Å². The fraction of sp³-hybridized carbons (Fsp3) is 0.0526. The summed E-state index contributed by atoms with van der Waals surface area (Å²) in [4.78, 5) is 13.6. The van der Waals surface area contributed by atoms with Crippen LogP contribution in [-0.2, 0) is 0 Å². The summed E-state index contributed by atoms with van der Waals surface area (Å²) in [7, 11) is 0. The van der Waals surface area contributed by atoms with Gasteiger partial charge in [-0.15, -0.1) is 11.3 Å². The molecule has 122 valence electrons. The van der Waals surface area contributed by atoms with Gasteiger partial charge < -0.3 is 0 Å². The molecule has 25 heavy (non-hydrogen) atoms. The summed E-state index contributed by atoms with van der Waals surface area (Å²) in [6, 6.07) is 17.9. The molecule has 1 N–H and O–H groups in total. The van der Waals surface area contributed by atoms with Gasteiger partial charge in [0.1, 0.15) is 5.69 Å². The monoisotopic (exact) mass is 345 g/mol. The largest absolute Gasteiger partial charge is 0.252 e. The van der Waals surface area contributed by atoms with Crippen LogP contribution in [0.1, 0.15) is 12.6 Å². The second kappa shape index (κ2) is 6.78. The van der Waals surface area contributed by atoms with E-state index in [1.807, 2.05) is 66.9 Å². The number of aromatic nitrogens is 3. The molecule has 0 aliphatic heterocycles. The standard InChI is InChI=1S/C19H15N5S/c1-13(17-11-20-15-9-5-6-10-16(15)21-17)23-24-19-22-18(12-25-19)14-7-3-2-4-8-14/h2-12H,1H3,(H,22,24)/b23-13+. The molecule has 0 unspecified atom stereocenters. The molecule has 2 heterocycles. The summed E-state index contributed by atoms with van der Waals surface area (Å²) in [6.07, 6.45) is 1.74. The average Bonchev–Trinajstić information content (AvgIpc) is 3.15. The molecule has 0 atom stereocenters. The zero-order chi connectivity index (χ0) is 17.1. The van der Waals surface area contributed by atoms with Crippen LogP contribution in [-0.4, -0.2) is 20.7 Å². The Kier molecular flexibility index (Phi) is 4.18. The number of para-hydroxylation sites is 2. The van der Waals surface area contributed by atoms with Gasteiger partial charge in [0.2, 0.25) is 5.13 Å². The van der Waals surface area contributed by atoms with Crippen molar-refractivity contribution in [2.24, 2.45) is 5.10 Å². The van der Waals surface area contributed by atoms with Gasteiger partial charge in [0.05, 0.1) is 28.6 Å². The number of hydrazone groups is 1. The van der Waals surface area contributed by atoms with E-state index in [1.165, 1.54) is 11.3 Å². The molecule has 0 fully saturated rings. The second-order valence-corrected chi connectivity index (χ2v) is 6.32. The molecule has 0 saturated heterocycles. The fourth-order valence-electron chi connectivity index (χ4n) is 2.39. The van der Waals surface area contributed by atoms with Gasteiger partial charge in [-0.05, 0) is 19.1 Å². The van der Waals surface area contributed by atoms with E-state index in [4.69, 9.17) is 0 Å². The maximum Gasteiger partial charge on any atom is 0.203 e. The Balaban J connectivity index is 1.53. The number of rotatable bonds is 4. The van der Waals surface area contributed by atoms with E-state index in [2.05, 4.69) is 25.5 Å². The summed E-state index contributed by atoms with van der Waals surface area (Å²) in [6.45, 7) is 1.90. The maximum absolute atomic E-state index is 4.59. The van der Waals surface area contributed by atoms with E-state index in [9.17, 15) is 0 Å². The van der Waals surface area contributed by atoms with Gasteiger partial charge in [0, 0.05) is 10.9 Å². The lowest BCUT2D eigenvalue weighted by atomic mass is 10.2. The summed E-state index contributed by atoms with van der Waals surface area (Å²) in [5.74, 6) is 0. The van der Waals surface area contributed by atoms with E-state index >= 15 is 0 Å². The Morgan fingerprint density at radius 3 is 2.56 bits per heavy atom. The van der Waals surface area contributed by atoms with Gasteiger partial charge >= 0.3 is 0 Å². The lowest BCUT2D eigenvalue weighted by molar-refractivity contribution is 1.22. The minimum Gasteiger partial charge on any atom is -0.252 e. The van der Waals surface area contributed by atoms with E-state index in [0.717, 1.165) is 38.8 Å². The third-order valence-electron chi connectivity index (χ3n) is 3.71. The number of thiazole rings is 1. The Morgan fingerprint density at radius 1 is 0.960 bits per heavy atom. The summed E-state index contributed by atoms with van der Waals surface area (Å²) < 4.78 is 0. The molecule has 0 radical (unpaired) electrons. The molecule has 0 aliphatic rings. The SMILES string of the molecule is C/C(=N\Nc1nc(-c2ccccc2)cs1)c1cnc2ccccc2n1. The molecule has 4 rings (SSSR count). The minimum absolute atomic E-state index is 0.742. The number of nitrogens with zero attached hydrogens (tertiary/aromatic N) is 4. The highest BCUT2D eigenvalue weighted by atomic mass is 32.1. The van der Waals surface area contributed by atoms with Crippen LogP contribution in [0.3, 0.4) is 0 Å².